The quantitative estimate of drug-likeness (QED) is 0.201. The molecule has 6 nitrogen and oxygen atoms in total. The van der Waals surface area contributed by atoms with Crippen molar-refractivity contribution >= 4 is 17.9 Å². The SMILES string of the molecule is COC(=O)C1(C)C(OC(C)=O)C(OC(C)=O)CC2(C)C3=CCC4(C)C5CCC(C(C)C)C5(C)CCC4(C)C3CCC21. The normalized spacial score (nSPS) is 48.6. The molecule has 0 aromatic rings. The fourth-order valence-electron chi connectivity index (χ4n) is 12.2. The van der Waals surface area contributed by atoms with Crippen molar-refractivity contribution in [1.29, 1.82) is 0 Å². The maximum Gasteiger partial charge on any atom is 0.315 e. The van der Waals surface area contributed by atoms with Gasteiger partial charge in [0, 0.05) is 13.8 Å². The second kappa shape index (κ2) is 9.84. The van der Waals surface area contributed by atoms with Gasteiger partial charge in [-0.2, -0.15) is 0 Å². The highest BCUT2D eigenvalue weighted by Gasteiger charge is 2.71. The van der Waals surface area contributed by atoms with E-state index in [1.807, 2.05) is 6.92 Å². The molecule has 6 heteroatoms. The van der Waals surface area contributed by atoms with Gasteiger partial charge in [-0.05, 0) is 110 Å². The molecular formula is C35H54O6. The van der Waals surface area contributed by atoms with Crippen LogP contribution in [0.1, 0.15) is 114 Å². The van der Waals surface area contributed by atoms with Crippen LogP contribution in [0.15, 0.2) is 11.6 Å². The zero-order chi connectivity index (χ0) is 30.3. The summed E-state index contributed by atoms with van der Waals surface area (Å²) < 4.78 is 17.1. The highest BCUT2D eigenvalue weighted by atomic mass is 16.6. The van der Waals surface area contributed by atoms with Crippen LogP contribution in [0.4, 0.5) is 0 Å². The van der Waals surface area contributed by atoms with Crippen LogP contribution in [0, 0.1) is 56.7 Å². The lowest BCUT2D eigenvalue weighted by Crippen LogP contribution is -2.67. The number of allylic oxidation sites excluding steroid dienone is 2. The van der Waals surface area contributed by atoms with Gasteiger partial charge in [0.25, 0.3) is 0 Å². The summed E-state index contributed by atoms with van der Waals surface area (Å²) in [5.41, 5.74) is 0.681. The summed E-state index contributed by atoms with van der Waals surface area (Å²) in [7, 11) is 1.40. The molecule has 0 heterocycles. The first-order valence-corrected chi connectivity index (χ1v) is 16.1. The Morgan fingerprint density at radius 2 is 1.49 bits per heavy atom. The Hall–Kier alpha value is -1.85. The van der Waals surface area contributed by atoms with Crippen molar-refractivity contribution in [3.05, 3.63) is 11.6 Å². The largest absolute Gasteiger partial charge is 0.468 e. The zero-order valence-corrected chi connectivity index (χ0v) is 27.2. The maximum atomic E-state index is 13.7. The third-order valence-electron chi connectivity index (χ3n) is 14.0. The van der Waals surface area contributed by atoms with Crippen LogP contribution in [0.5, 0.6) is 0 Å². The Labute approximate surface area is 247 Å². The number of hydrogen-bond acceptors (Lipinski definition) is 6. The van der Waals surface area contributed by atoms with Gasteiger partial charge in [0.1, 0.15) is 11.5 Å². The molecule has 230 valence electrons. The fourth-order valence-corrected chi connectivity index (χ4v) is 12.2. The summed E-state index contributed by atoms with van der Waals surface area (Å²) in [6.07, 6.45) is 9.52. The van der Waals surface area contributed by atoms with Crippen LogP contribution in [0.25, 0.3) is 0 Å². The number of ether oxygens (including phenoxy) is 3. The van der Waals surface area contributed by atoms with Crippen LogP contribution >= 0.6 is 0 Å². The molecule has 5 aliphatic carbocycles. The van der Waals surface area contributed by atoms with Crippen molar-refractivity contribution < 1.29 is 28.6 Å². The lowest BCUT2D eigenvalue weighted by molar-refractivity contribution is -0.224. The van der Waals surface area contributed by atoms with Crippen molar-refractivity contribution in [2.45, 2.75) is 126 Å². The van der Waals surface area contributed by atoms with Crippen LogP contribution in [-0.2, 0) is 28.6 Å². The van der Waals surface area contributed by atoms with Crippen molar-refractivity contribution in [2.24, 2.45) is 56.7 Å². The van der Waals surface area contributed by atoms with E-state index in [0.29, 0.717) is 29.6 Å². The van der Waals surface area contributed by atoms with Gasteiger partial charge in [-0.3, -0.25) is 14.4 Å². The van der Waals surface area contributed by atoms with Crippen LogP contribution in [-0.4, -0.2) is 37.2 Å². The number of esters is 3. The van der Waals surface area contributed by atoms with Gasteiger partial charge in [-0.1, -0.05) is 53.2 Å². The highest BCUT2D eigenvalue weighted by Crippen LogP contribution is 2.76. The van der Waals surface area contributed by atoms with Crippen molar-refractivity contribution in [3.8, 4) is 0 Å². The van der Waals surface area contributed by atoms with Gasteiger partial charge in [0.15, 0.2) is 6.10 Å². The second-order valence-electron chi connectivity index (χ2n) is 15.9. The van der Waals surface area contributed by atoms with Gasteiger partial charge >= 0.3 is 17.9 Å². The second-order valence-corrected chi connectivity index (χ2v) is 15.9. The number of carbonyl (C=O) groups is 3. The van der Waals surface area contributed by atoms with Gasteiger partial charge in [0.05, 0.1) is 7.11 Å². The predicted octanol–water partition coefficient (Wildman–Crippen LogP) is 7.29. The van der Waals surface area contributed by atoms with Crippen molar-refractivity contribution in [1.82, 2.24) is 0 Å². The third-order valence-corrected chi connectivity index (χ3v) is 14.0. The predicted molar refractivity (Wildman–Crippen MR) is 157 cm³/mol. The lowest BCUT2D eigenvalue weighted by Gasteiger charge is -2.69. The maximum absolute atomic E-state index is 13.7. The average Bonchev–Trinajstić information content (AvgIpc) is 3.25. The average molecular weight is 571 g/mol. The minimum Gasteiger partial charge on any atom is -0.468 e. The molecule has 0 radical (unpaired) electrons. The molecule has 11 atom stereocenters. The minimum absolute atomic E-state index is 0.0975. The molecule has 0 spiro atoms. The molecule has 0 bridgehead atoms. The Balaban J connectivity index is 1.60. The van der Waals surface area contributed by atoms with Crippen LogP contribution in [0.2, 0.25) is 0 Å². The first-order valence-electron chi connectivity index (χ1n) is 16.1. The Morgan fingerprint density at radius 3 is 2.07 bits per heavy atom. The van der Waals surface area contributed by atoms with Crippen LogP contribution in [0.3, 0.4) is 0 Å². The summed E-state index contributed by atoms with van der Waals surface area (Å²) >= 11 is 0. The van der Waals surface area contributed by atoms with E-state index in [9.17, 15) is 14.4 Å². The van der Waals surface area contributed by atoms with E-state index in [1.54, 1.807) is 0 Å². The lowest BCUT2D eigenvalue weighted by atomic mass is 9.35. The van der Waals surface area contributed by atoms with Crippen molar-refractivity contribution in [3.63, 3.8) is 0 Å². The molecule has 11 unspecified atom stereocenters. The Bertz CT molecular complexity index is 1140. The number of rotatable bonds is 4. The molecule has 0 amide bonds. The minimum atomic E-state index is -1.14. The highest BCUT2D eigenvalue weighted by molar-refractivity contribution is 5.79. The van der Waals surface area contributed by atoms with E-state index in [0.717, 1.165) is 25.2 Å². The number of carbonyl (C=O) groups excluding carboxylic acids is 3. The smallest absolute Gasteiger partial charge is 0.315 e. The summed E-state index contributed by atoms with van der Waals surface area (Å²) in [6.45, 7) is 19.5. The topological polar surface area (TPSA) is 78.9 Å². The third kappa shape index (κ3) is 4.04. The van der Waals surface area contributed by atoms with Gasteiger partial charge < -0.3 is 14.2 Å². The molecule has 0 aromatic heterocycles. The molecule has 0 aromatic carbocycles. The first-order chi connectivity index (χ1) is 19.0. The fraction of sp³-hybridized carbons (Fsp3) is 0.857. The molecule has 4 saturated carbocycles. The van der Waals surface area contributed by atoms with E-state index in [-0.39, 0.29) is 22.2 Å². The number of hydrogen-bond donors (Lipinski definition) is 0. The molecule has 0 aliphatic heterocycles. The zero-order valence-electron chi connectivity index (χ0n) is 27.2. The van der Waals surface area contributed by atoms with Crippen LogP contribution < -0.4 is 0 Å². The molecular weight excluding hydrogens is 516 g/mol. The Kier molecular flexibility index (Phi) is 7.34. The number of fused-ring (bicyclic) bond motifs is 7. The summed E-state index contributed by atoms with van der Waals surface area (Å²) in [5, 5.41) is 0. The van der Waals surface area contributed by atoms with E-state index in [1.165, 1.54) is 52.2 Å². The molecule has 0 N–H and O–H groups in total. The molecule has 5 rings (SSSR count). The van der Waals surface area contributed by atoms with E-state index < -0.39 is 35.5 Å². The molecule has 5 aliphatic rings. The summed E-state index contributed by atoms with van der Waals surface area (Å²) in [5.74, 6) is 1.20. The molecule has 41 heavy (non-hydrogen) atoms. The summed E-state index contributed by atoms with van der Waals surface area (Å²) in [6, 6.07) is 0. The van der Waals surface area contributed by atoms with E-state index in [4.69, 9.17) is 14.2 Å². The Morgan fingerprint density at radius 1 is 0.854 bits per heavy atom. The monoisotopic (exact) mass is 570 g/mol. The van der Waals surface area contributed by atoms with E-state index in [2.05, 4.69) is 47.6 Å². The van der Waals surface area contributed by atoms with Gasteiger partial charge in [-0.25, -0.2) is 0 Å². The van der Waals surface area contributed by atoms with Gasteiger partial charge in [-0.15, -0.1) is 0 Å². The summed E-state index contributed by atoms with van der Waals surface area (Å²) in [4.78, 5) is 38.3. The molecule has 0 saturated heterocycles. The standard InChI is InChI=1S/C35H54O6/c1-20(2)23-11-13-27-31(23,5)17-18-33(7)25-12-14-28-32(6,24(25)15-16-34(27,33)8)19-26(40-21(3)36)29(41-22(4)37)35(28,9)30(38)39-10/h15,20,23,25-29H,11-14,16-19H2,1-10H3. The van der Waals surface area contributed by atoms with Crippen molar-refractivity contribution in [2.75, 3.05) is 7.11 Å². The van der Waals surface area contributed by atoms with E-state index >= 15 is 0 Å². The number of methoxy groups -OCH3 is 1. The van der Waals surface area contributed by atoms with Gasteiger partial charge in [0.2, 0.25) is 0 Å². The molecule has 4 fully saturated rings. The first kappa shape index (κ1) is 30.6.